The van der Waals surface area contributed by atoms with Crippen molar-refractivity contribution in [3.63, 3.8) is 0 Å². The lowest BCUT2D eigenvalue weighted by atomic mass is 9.68. The van der Waals surface area contributed by atoms with E-state index >= 15 is 0 Å². The van der Waals surface area contributed by atoms with Gasteiger partial charge in [0.25, 0.3) is 0 Å². The van der Waals surface area contributed by atoms with E-state index in [0.29, 0.717) is 12.8 Å². The summed E-state index contributed by atoms with van der Waals surface area (Å²) in [5, 5.41) is 18.7. The number of alkyl halides is 1. The zero-order chi connectivity index (χ0) is 9.57. The van der Waals surface area contributed by atoms with Crippen molar-refractivity contribution in [2.24, 2.45) is 5.41 Å². The second-order valence-corrected chi connectivity index (χ2v) is 4.84. The molecule has 2 N–H and O–H groups in total. The SMILES string of the molecule is CC1(C)C[C@H](O)[C@H](O)[C@@](C)(F)C1. The van der Waals surface area contributed by atoms with Crippen molar-refractivity contribution in [1.29, 1.82) is 0 Å². The van der Waals surface area contributed by atoms with Gasteiger partial charge in [-0.3, -0.25) is 0 Å². The van der Waals surface area contributed by atoms with Gasteiger partial charge in [-0.05, 0) is 25.2 Å². The molecule has 1 rings (SSSR count). The van der Waals surface area contributed by atoms with Gasteiger partial charge in [0, 0.05) is 0 Å². The van der Waals surface area contributed by atoms with E-state index in [1.807, 2.05) is 13.8 Å². The Morgan fingerprint density at radius 2 is 1.75 bits per heavy atom. The number of aliphatic hydroxyl groups is 2. The Morgan fingerprint density at radius 1 is 1.25 bits per heavy atom. The minimum absolute atomic E-state index is 0.220. The van der Waals surface area contributed by atoms with Gasteiger partial charge >= 0.3 is 0 Å². The molecule has 0 aliphatic heterocycles. The van der Waals surface area contributed by atoms with Crippen molar-refractivity contribution in [2.45, 2.75) is 51.5 Å². The highest BCUT2D eigenvalue weighted by Gasteiger charge is 2.48. The zero-order valence-electron chi connectivity index (χ0n) is 7.84. The van der Waals surface area contributed by atoms with Gasteiger partial charge in [0.15, 0.2) is 0 Å². The van der Waals surface area contributed by atoms with Crippen LogP contribution in [0.25, 0.3) is 0 Å². The normalized spacial score (nSPS) is 47.5. The molecule has 3 heteroatoms. The van der Waals surface area contributed by atoms with Gasteiger partial charge in [0.05, 0.1) is 6.10 Å². The van der Waals surface area contributed by atoms with Crippen LogP contribution in [-0.4, -0.2) is 28.1 Å². The van der Waals surface area contributed by atoms with Gasteiger partial charge in [-0.25, -0.2) is 4.39 Å². The highest BCUT2D eigenvalue weighted by atomic mass is 19.1. The van der Waals surface area contributed by atoms with Crippen LogP contribution in [0.4, 0.5) is 4.39 Å². The van der Waals surface area contributed by atoms with Crippen molar-refractivity contribution in [3.05, 3.63) is 0 Å². The monoisotopic (exact) mass is 176 g/mol. The van der Waals surface area contributed by atoms with Gasteiger partial charge < -0.3 is 10.2 Å². The number of rotatable bonds is 0. The van der Waals surface area contributed by atoms with Crippen molar-refractivity contribution in [1.82, 2.24) is 0 Å². The van der Waals surface area contributed by atoms with Crippen LogP contribution in [0.2, 0.25) is 0 Å². The first-order chi connectivity index (χ1) is 5.25. The maximum Gasteiger partial charge on any atom is 0.137 e. The molecule has 0 aromatic heterocycles. The summed E-state index contributed by atoms with van der Waals surface area (Å²) in [5.41, 5.74) is -1.87. The van der Waals surface area contributed by atoms with Crippen LogP contribution in [0.15, 0.2) is 0 Å². The second-order valence-electron chi connectivity index (χ2n) is 4.84. The van der Waals surface area contributed by atoms with Gasteiger partial charge in [-0.2, -0.15) is 0 Å². The van der Waals surface area contributed by atoms with Crippen molar-refractivity contribution >= 4 is 0 Å². The average Bonchev–Trinajstić information content (AvgIpc) is 1.79. The minimum atomic E-state index is -1.65. The summed E-state index contributed by atoms with van der Waals surface area (Å²) in [6.07, 6.45) is -1.39. The molecule has 1 fully saturated rings. The quantitative estimate of drug-likeness (QED) is 0.583. The summed E-state index contributed by atoms with van der Waals surface area (Å²) in [7, 11) is 0. The molecule has 1 aliphatic carbocycles. The molecule has 0 spiro atoms. The molecule has 12 heavy (non-hydrogen) atoms. The Kier molecular flexibility index (Phi) is 2.21. The molecule has 72 valence electrons. The number of aliphatic hydroxyl groups excluding tert-OH is 2. The molecule has 0 aromatic carbocycles. The zero-order valence-corrected chi connectivity index (χ0v) is 7.84. The predicted octanol–water partition coefficient (Wildman–Crippen LogP) is 1.26. The van der Waals surface area contributed by atoms with Crippen molar-refractivity contribution < 1.29 is 14.6 Å². The molecule has 1 saturated carbocycles. The average molecular weight is 176 g/mol. The number of hydrogen-bond donors (Lipinski definition) is 2. The molecule has 0 radical (unpaired) electrons. The van der Waals surface area contributed by atoms with Gasteiger partial charge in [-0.1, -0.05) is 13.8 Å². The molecular weight excluding hydrogens is 159 g/mol. The molecule has 2 nitrogen and oxygen atoms in total. The summed E-state index contributed by atoms with van der Waals surface area (Å²) in [5.74, 6) is 0. The highest BCUT2D eigenvalue weighted by Crippen LogP contribution is 2.42. The van der Waals surface area contributed by atoms with E-state index in [1.54, 1.807) is 0 Å². The Balaban J connectivity index is 2.80. The first kappa shape index (κ1) is 9.93. The molecule has 0 saturated heterocycles. The predicted molar refractivity (Wildman–Crippen MR) is 44.5 cm³/mol. The van der Waals surface area contributed by atoms with E-state index in [1.165, 1.54) is 6.92 Å². The van der Waals surface area contributed by atoms with Crippen LogP contribution in [0.5, 0.6) is 0 Å². The summed E-state index contributed by atoms with van der Waals surface area (Å²) in [6.45, 7) is 5.15. The van der Waals surface area contributed by atoms with E-state index in [2.05, 4.69) is 0 Å². The van der Waals surface area contributed by atoms with Gasteiger partial charge in [0.1, 0.15) is 11.8 Å². The standard InChI is InChI=1S/C9H17FO2/c1-8(2)4-6(11)7(12)9(3,10)5-8/h6-7,11-12H,4-5H2,1-3H3/t6-,7-,9-/m0/s1. The van der Waals surface area contributed by atoms with Crippen LogP contribution < -0.4 is 0 Å². The largest absolute Gasteiger partial charge is 0.390 e. The number of halogens is 1. The first-order valence-corrected chi connectivity index (χ1v) is 4.30. The van der Waals surface area contributed by atoms with Crippen LogP contribution >= 0.6 is 0 Å². The summed E-state index contributed by atoms with van der Waals surface area (Å²) in [4.78, 5) is 0. The lowest BCUT2D eigenvalue weighted by Gasteiger charge is -2.43. The van der Waals surface area contributed by atoms with E-state index in [9.17, 15) is 14.6 Å². The topological polar surface area (TPSA) is 40.5 Å². The van der Waals surface area contributed by atoms with Crippen LogP contribution in [-0.2, 0) is 0 Å². The Labute approximate surface area is 72.4 Å². The van der Waals surface area contributed by atoms with Crippen molar-refractivity contribution in [3.8, 4) is 0 Å². The number of hydrogen-bond acceptors (Lipinski definition) is 2. The van der Waals surface area contributed by atoms with E-state index in [-0.39, 0.29) is 5.41 Å². The third-order valence-electron chi connectivity index (χ3n) is 2.57. The summed E-state index contributed by atoms with van der Waals surface area (Å²) in [6, 6.07) is 0. The van der Waals surface area contributed by atoms with Gasteiger partial charge in [0.2, 0.25) is 0 Å². The fourth-order valence-electron chi connectivity index (χ4n) is 2.19. The maximum absolute atomic E-state index is 13.6. The molecule has 0 unspecified atom stereocenters. The molecule has 3 atom stereocenters. The lowest BCUT2D eigenvalue weighted by Crippen LogP contribution is -2.52. The van der Waals surface area contributed by atoms with E-state index in [4.69, 9.17) is 0 Å². The third kappa shape index (κ3) is 1.77. The molecule has 1 aliphatic rings. The smallest absolute Gasteiger partial charge is 0.137 e. The highest BCUT2D eigenvalue weighted by molar-refractivity contribution is 4.98. The van der Waals surface area contributed by atoms with Gasteiger partial charge in [-0.15, -0.1) is 0 Å². The summed E-state index contributed by atoms with van der Waals surface area (Å²) < 4.78 is 13.6. The van der Waals surface area contributed by atoms with Crippen LogP contribution in [0.3, 0.4) is 0 Å². The van der Waals surface area contributed by atoms with Crippen molar-refractivity contribution in [2.75, 3.05) is 0 Å². The Bertz CT molecular complexity index is 177. The Morgan fingerprint density at radius 3 is 2.17 bits per heavy atom. The fourth-order valence-corrected chi connectivity index (χ4v) is 2.19. The second kappa shape index (κ2) is 2.67. The van der Waals surface area contributed by atoms with Crippen LogP contribution in [0, 0.1) is 5.41 Å². The third-order valence-corrected chi connectivity index (χ3v) is 2.57. The molecule has 0 aromatic rings. The maximum atomic E-state index is 13.6. The fraction of sp³-hybridized carbons (Fsp3) is 1.00. The van der Waals surface area contributed by atoms with E-state index in [0.717, 1.165) is 0 Å². The Hall–Kier alpha value is -0.150. The first-order valence-electron chi connectivity index (χ1n) is 4.30. The molecule has 0 amide bonds. The minimum Gasteiger partial charge on any atom is -0.390 e. The molecule has 0 bridgehead atoms. The molecular formula is C9H17FO2. The molecule has 0 heterocycles. The van der Waals surface area contributed by atoms with Crippen LogP contribution in [0.1, 0.15) is 33.6 Å². The summed E-state index contributed by atoms with van der Waals surface area (Å²) >= 11 is 0. The lowest BCUT2D eigenvalue weighted by molar-refractivity contribution is -0.134. The van der Waals surface area contributed by atoms with E-state index < -0.39 is 17.9 Å².